The average molecular weight is 266 g/mol. The van der Waals surface area contributed by atoms with Crippen molar-refractivity contribution >= 4 is 28.2 Å². The lowest BCUT2D eigenvalue weighted by molar-refractivity contribution is -0.115. The molecule has 1 aromatic rings. The predicted molar refractivity (Wildman–Crippen MR) is 73.0 cm³/mol. The number of amides is 2. The van der Waals surface area contributed by atoms with Crippen LogP contribution < -0.4 is 11.1 Å². The van der Waals surface area contributed by atoms with Gasteiger partial charge in [0.25, 0.3) is 5.91 Å². The SMILES string of the molecule is CCC(=O)Nc1sc2c(c1C(N)=O)CCCCC2. The fraction of sp³-hybridized carbons (Fsp3) is 0.538. The number of rotatable bonds is 3. The molecule has 2 amide bonds. The van der Waals surface area contributed by atoms with E-state index in [1.165, 1.54) is 22.6 Å². The highest BCUT2D eigenvalue weighted by atomic mass is 32.1. The summed E-state index contributed by atoms with van der Waals surface area (Å²) in [6.07, 6.45) is 5.71. The number of anilines is 1. The summed E-state index contributed by atoms with van der Waals surface area (Å²) in [4.78, 5) is 24.3. The minimum atomic E-state index is -0.430. The number of hydrogen-bond donors (Lipinski definition) is 2. The molecule has 0 spiro atoms. The summed E-state index contributed by atoms with van der Waals surface area (Å²) in [5, 5.41) is 3.44. The van der Waals surface area contributed by atoms with Crippen LogP contribution in [0.15, 0.2) is 0 Å². The monoisotopic (exact) mass is 266 g/mol. The molecule has 2 rings (SSSR count). The Balaban J connectivity index is 2.40. The molecule has 0 atom stereocenters. The molecule has 3 N–H and O–H groups in total. The third-order valence-corrected chi connectivity index (χ3v) is 4.45. The van der Waals surface area contributed by atoms with Crippen molar-refractivity contribution < 1.29 is 9.59 Å². The summed E-state index contributed by atoms with van der Waals surface area (Å²) in [5.74, 6) is -0.505. The molecule has 5 heteroatoms. The molecule has 4 nitrogen and oxygen atoms in total. The van der Waals surface area contributed by atoms with E-state index in [0.717, 1.165) is 31.2 Å². The van der Waals surface area contributed by atoms with Crippen LogP contribution in [0.25, 0.3) is 0 Å². The molecule has 0 fully saturated rings. The van der Waals surface area contributed by atoms with Gasteiger partial charge in [-0.15, -0.1) is 11.3 Å². The fourth-order valence-corrected chi connectivity index (χ4v) is 3.62. The van der Waals surface area contributed by atoms with Crippen LogP contribution in [0.4, 0.5) is 5.00 Å². The van der Waals surface area contributed by atoms with Crippen LogP contribution in [-0.4, -0.2) is 11.8 Å². The third kappa shape index (κ3) is 2.56. The normalized spacial score (nSPS) is 14.7. The van der Waals surface area contributed by atoms with Crippen LogP contribution in [0, 0.1) is 0 Å². The zero-order chi connectivity index (χ0) is 13.1. The molecule has 1 heterocycles. The molecule has 1 aliphatic carbocycles. The standard InChI is InChI=1S/C13H18N2O2S/c1-2-10(16)15-13-11(12(14)17)8-6-4-3-5-7-9(8)18-13/h2-7H2,1H3,(H2,14,17)(H,15,16). The molecular formula is C13H18N2O2S. The minimum absolute atomic E-state index is 0.0751. The zero-order valence-corrected chi connectivity index (χ0v) is 11.4. The molecular weight excluding hydrogens is 248 g/mol. The van der Waals surface area contributed by atoms with Gasteiger partial charge in [0.05, 0.1) is 5.56 Å². The summed E-state index contributed by atoms with van der Waals surface area (Å²) in [5.41, 5.74) is 7.07. The predicted octanol–water partition coefficient (Wildman–Crippen LogP) is 2.46. The van der Waals surface area contributed by atoms with E-state index in [-0.39, 0.29) is 5.91 Å². The number of fused-ring (bicyclic) bond motifs is 1. The fourth-order valence-electron chi connectivity index (χ4n) is 2.31. The Hall–Kier alpha value is -1.36. The quantitative estimate of drug-likeness (QED) is 0.825. The van der Waals surface area contributed by atoms with Crippen molar-refractivity contribution in [1.29, 1.82) is 0 Å². The molecule has 0 aliphatic heterocycles. The molecule has 0 radical (unpaired) electrons. The molecule has 0 unspecified atom stereocenters. The second kappa shape index (κ2) is 5.52. The van der Waals surface area contributed by atoms with E-state index in [1.807, 2.05) is 0 Å². The Morgan fingerprint density at radius 1 is 1.28 bits per heavy atom. The Morgan fingerprint density at radius 3 is 2.67 bits per heavy atom. The van der Waals surface area contributed by atoms with Crippen molar-refractivity contribution in [2.24, 2.45) is 5.73 Å². The van der Waals surface area contributed by atoms with E-state index in [4.69, 9.17) is 5.73 Å². The second-order valence-electron chi connectivity index (χ2n) is 4.53. The van der Waals surface area contributed by atoms with Crippen LogP contribution >= 0.6 is 11.3 Å². The van der Waals surface area contributed by atoms with E-state index in [2.05, 4.69) is 5.32 Å². The Kier molecular flexibility index (Phi) is 4.01. The first kappa shape index (κ1) is 13.1. The van der Waals surface area contributed by atoms with Gasteiger partial charge in [-0.2, -0.15) is 0 Å². The molecule has 0 bridgehead atoms. The highest BCUT2D eigenvalue weighted by Gasteiger charge is 2.23. The number of nitrogens with one attached hydrogen (secondary N) is 1. The van der Waals surface area contributed by atoms with Crippen LogP contribution in [0.2, 0.25) is 0 Å². The van der Waals surface area contributed by atoms with E-state index in [0.29, 0.717) is 17.0 Å². The average Bonchev–Trinajstić information content (AvgIpc) is 2.51. The van der Waals surface area contributed by atoms with Gasteiger partial charge in [0.15, 0.2) is 0 Å². The first-order valence-corrected chi connectivity index (χ1v) is 7.19. The zero-order valence-electron chi connectivity index (χ0n) is 10.5. The number of nitrogens with two attached hydrogens (primary N) is 1. The lowest BCUT2D eigenvalue weighted by Gasteiger charge is -2.04. The first-order chi connectivity index (χ1) is 8.63. The molecule has 0 aromatic carbocycles. The largest absolute Gasteiger partial charge is 0.365 e. The van der Waals surface area contributed by atoms with Gasteiger partial charge < -0.3 is 11.1 Å². The van der Waals surface area contributed by atoms with Gasteiger partial charge in [0, 0.05) is 11.3 Å². The Labute approximate surface area is 111 Å². The van der Waals surface area contributed by atoms with Crippen LogP contribution in [-0.2, 0) is 17.6 Å². The number of primary amides is 1. The number of thiophene rings is 1. The van der Waals surface area contributed by atoms with Crippen molar-refractivity contribution in [3.63, 3.8) is 0 Å². The number of carbonyl (C=O) groups is 2. The number of aryl methyl sites for hydroxylation is 1. The topological polar surface area (TPSA) is 72.2 Å². The maximum atomic E-state index is 11.6. The lowest BCUT2D eigenvalue weighted by Crippen LogP contribution is -2.17. The van der Waals surface area contributed by atoms with Gasteiger partial charge in [0.1, 0.15) is 5.00 Å². The van der Waals surface area contributed by atoms with Crippen molar-refractivity contribution in [3.05, 3.63) is 16.0 Å². The minimum Gasteiger partial charge on any atom is -0.365 e. The number of hydrogen-bond acceptors (Lipinski definition) is 3. The van der Waals surface area contributed by atoms with Gasteiger partial charge in [0.2, 0.25) is 5.91 Å². The molecule has 0 saturated carbocycles. The van der Waals surface area contributed by atoms with Crippen LogP contribution in [0.1, 0.15) is 53.4 Å². The van der Waals surface area contributed by atoms with E-state index >= 15 is 0 Å². The summed E-state index contributed by atoms with van der Waals surface area (Å²) >= 11 is 1.51. The Bertz CT molecular complexity index is 480. The summed E-state index contributed by atoms with van der Waals surface area (Å²) in [7, 11) is 0. The summed E-state index contributed by atoms with van der Waals surface area (Å²) in [6, 6.07) is 0. The van der Waals surface area contributed by atoms with Gasteiger partial charge in [-0.25, -0.2) is 0 Å². The summed E-state index contributed by atoms with van der Waals surface area (Å²) < 4.78 is 0. The molecule has 1 aromatic heterocycles. The van der Waals surface area contributed by atoms with Crippen molar-refractivity contribution in [2.75, 3.05) is 5.32 Å². The second-order valence-corrected chi connectivity index (χ2v) is 5.64. The van der Waals surface area contributed by atoms with Crippen LogP contribution in [0.3, 0.4) is 0 Å². The molecule has 18 heavy (non-hydrogen) atoms. The van der Waals surface area contributed by atoms with Crippen molar-refractivity contribution in [3.8, 4) is 0 Å². The van der Waals surface area contributed by atoms with Crippen molar-refractivity contribution in [1.82, 2.24) is 0 Å². The molecule has 1 aliphatic rings. The van der Waals surface area contributed by atoms with Crippen LogP contribution in [0.5, 0.6) is 0 Å². The summed E-state index contributed by atoms with van der Waals surface area (Å²) in [6.45, 7) is 1.79. The number of carbonyl (C=O) groups excluding carboxylic acids is 2. The highest BCUT2D eigenvalue weighted by molar-refractivity contribution is 7.17. The van der Waals surface area contributed by atoms with E-state index in [1.54, 1.807) is 6.92 Å². The van der Waals surface area contributed by atoms with Crippen molar-refractivity contribution in [2.45, 2.75) is 45.4 Å². The third-order valence-electron chi connectivity index (χ3n) is 3.24. The maximum Gasteiger partial charge on any atom is 0.251 e. The van der Waals surface area contributed by atoms with Gasteiger partial charge in [-0.3, -0.25) is 9.59 Å². The lowest BCUT2D eigenvalue weighted by atomic mass is 10.1. The molecule has 98 valence electrons. The Morgan fingerprint density at radius 2 is 2.00 bits per heavy atom. The van der Waals surface area contributed by atoms with E-state index in [9.17, 15) is 9.59 Å². The van der Waals surface area contributed by atoms with Gasteiger partial charge >= 0.3 is 0 Å². The van der Waals surface area contributed by atoms with Gasteiger partial charge in [-0.1, -0.05) is 13.3 Å². The van der Waals surface area contributed by atoms with Gasteiger partial charge in [-0.05, 0) is 31.2 Å². The highest BCUT2D eigenvalue weighted by Crippen LogP contribution is 2.37. The van der Waals surface area contributed by atoms with E-state index < -0.39 is 5.91 Å². The first-order valence-electron chi connectivity index (χ1n) is 6.37. The maximum absolute atomic E-state index is 11.6. The molecule has 0 saturated heterocycles. The smallest absolute Gasteiger partial charge is 0.251 e.